The van der Waals surface area contributed by atoms with E-state index in [0.717, 1.165) is 23.2 Å². The zero-order valence-electron chi connectivity index (χ0n) is 13.7. The summed E-state index contributed by atoms with van der Waals surface area (Å²) in [5.41, 5.74) is 2.23. The van der Waals surface area contributed by atoms with Crippen molar-refractivity contribution < 1.29 is 13.2 Å². The second kappa shape index (κ2) is 6.97. The van der Waals surface area contributed by atoms with E-state index >= 15 is 0 Å². The molecule has 2 aromatic carbocycles. The first-order valence-corrected chi connectivity index (χ1v) is 7.82. The molecule has 0 fully saturated rings. The molecule has 25 heavy (non-hydrogen) atoms. The van der Waals surface area contributed by atoms with Crippen LogP contribution >= 0.6 is 0 Å². The number of nitrogens with zero attached hydrogens (tertiary/aromatic N) is 2. The lowest BCUT2D eigenvalue weighted by molar-refractivity contribution is -0.137. The molecule has 0 aliphatic carbocycles. The summed E-state index contributed by atoms with van der Waals surface area (Å²) >= 11 is 0. The number of aryl methyl sites for hydroxylation is 1. The maximum Gasteiger partial charge on any atom is 0.416 e. The summed E-state index contributed by atoms with van der Waals surface area (Å²) < 4.78 is 39.5. The minimum Gasteiger partial charge on any atom is -0.351 e. The number of alkyl halides is 3. The standard InChI is InChI=1S/C20H17F3N2/c1-25-12-10-17-7-4-16(13-19(17)25)14-24-11-2-3-15-5-8-18(9-6-15)20(21,22)23/h2-10,12-14H,11H2,1H3/b3-2+,24-14?. The molecule has 3 rings (SSSR count). The quantitative estimate of drug-likeness (QED) is 0.570. The molecule has 0 N–H and O–H groups in total. The summed E-state index contributed by atoms with van der Waals surface area (Å²) in [7, 11) is 2.00. The number of rotatable bonds is 4. The van der Waals surface area contributed by atoms with Gasteiger partial charge in [0, 0.05) is 25.0 Å². The summed E-state index contributed by atoms with van der Waals surface area (Å²) in [4.78, 5) is 4.33. The van der Waals surface area contributed by atoms with Gasteiger partial charge in [0.2, 0.25) is 0 Å². The number of aliphatic imine (C=N–C) groups is 1. The Bertz CT molecular complexity index is 916. The van der Waals surface area contributed by atoms with E-state index in [1.165, 1.54) is 17.5 Å². The van der Waals surface area contributed by atoms with E-state index in [1.807, 2.05) is 25.4 Å². The smallest absolute Gasteiger partial charge is 0.351 e. The van der Waals surface area contributed by atoms with Gasteiger partial charge < -0.3 is 4.57 Å². The average molecular weight is 342 g/mol. The summed E-state index contributed by atoms with van der Waals surface area (Å²) in [5, 5.41) is 1.18. The molecule has 1 heterocycles. The van der Waals surface area contributed by atoms with Gasteiger partial charge in [-0.25, -0.2) is 0 Å². The molecule has 0 aliphatic rings. The molecule has 0 saturated carbocycles. The molecule has 0 spiro atoms. The maximum atomic E-state index is 12.5. The Hall–Kier alpha value is -2.82. The molecular weight excluding hydrogens is 325 g/mol. The third kappa shape index (κ3) is 4.18. The van der Waals surface area contributed by atoms with Crippen molar-refractivity contribution >= 4 is 23.2 Å². The van der Waals surface area contributed by atoms with E-state index in [1.54, 1.807) is 12.3 Å². The molecule has 0 unspecified atom stereocenters. The largest absolute Gasteiger partial charge is 0.416 e. The minimum absolute atomic E-state index is 0.464. The normalized spacial score (nSPS) is 12.6. The van der Waals surface area contributed by atoms with Crippen molar-refractivity contribution in [3.05, 3.63) is 77.5 Å². The first-order chi connectivity index (χ1) is 11.9. The fourth-order valence-corrected chi connectivity index (χ4v) is 2.55. The fraction of sp³-hybridized carbons (Fsp3) is 0.150. The number of benzene rings is 2. The van der Waals surface area contributed by atoms with Gasteiger partial charge in [-0.15, -0.1) is 0 Å². The highest BCUT2D eigenvalue weighted by atomic mass is 19.4. The third-order valence-corrected chi connectivity index (χ3v) is 3.91. The number of hydrogen-bond acceptors (Lipinski definition) is 1. The fourth-order valence-electron chi connectivity index (χ4n) is 2.55. The molecule has 0 bridgehead atoms. The molecule has 0 aliphatic heterocycles. The number of fused-ring (bicyclic) bond motifs is 1. The van der Waals surface area contributed by atoms with Crippen LogP contribution in [0.15, 0.2) is 65.8 Å². The van der Waals surface area contributed by atoms with Crippen molar-refractivity contribution in [2.45, 2.75) is 6.18 Å². The van der Waals surface area contributed by atoms with Crippen LogP contribution in [-0.4, -0.2) is 17.3 Å². The van der Waals surface area contributed by atoms with Gasteiger partial charge in [-0.1, -0.05) is 36.4 Å². The Balaban J connectivity index is 1.60. The molecule has 5 heteroatoms. The molecule has 3 aromatic rings. The van der Waals surface area contributed by atoms with Crippen molar-refractivity contribution in [1.82, 2.24) is 4.57 Å². The third-order valence-electron chi connectivity index (χ3n) is 3.91. The van der Waals surface area contributed by atoms with Crippen LogP contribution in [0.3, 0.4) is 0 Å². The topological polar surface area (TPSA) is 17.3 Å². The summed E-state index contributed by atoms with van der Waals surface area (Å²) in [5.74, 6) is 0. The number of halogens is 3. The van der Waals surface area contributed by atoms with E-state index < -0.39 is 11.7 Å². The molecule has 2 nitrogen and oxygen atoms in total. The lowest BCUT2D eigenvalue weighted by Crippen LogP contribution is -2.03. The summed E-state index contributed by atoms with van der Waals surface area (Å²) in [6.45, 7) is 0.464. The Kier molecular flexibility index (Phi) is 4.74. The first kappa shape index (κ1) is 17.0. The molecule has 0 saturated heterocycles. The average Bonchev–Trinajstić information content (AvgIpc) is 2.95. The molecule has 1 aromatic heterocycles. The molecule has 0 amide bonds. The molecule has 0 atom stereocenters. The molecular formula is C20H17F3N2. The highest BCUT2D eigenvalue weighted by Gasteiger charge is 2.29. The minimum atomic E-state index is -4.30. The molecule has 0 radical (unpaired) electrons. The van der Waals surface area contributed by atoms with Crippen LogP contribution in [0.1, 0.15) is 16.7 Å². The second-order valence-electron chi connectivity index (χ2n) is 5.76. The highest BCUT2D eigenvalue weighted by Crippen LogP contribution is 2.29. The van der Waals surface area contributed by atoms with Gasteiger partial charge in [0.15, 0.2) is 0 Å². The van der Waals surface area contributed by atoms with Gasteiger partial charge >= 0.3 is 6.18 Å². The van der Waals surface area contributed by atoms with Gasteiger partial charge in [-0.05, 0) is 40.8 Å². The number of aromatic nitrogens is 1. The van der Waals surface area contributed by atoms with Crippen molar-refractivity contribution in [2.24, 2.45) is 12.0 Å². The van der Waals surface area contributed by atoms with Crippen molar-refractivity contribution in [2.75, 3.05) is 6.54 Å². The van der Waals surface area contributed by atoms with Crippen LogP contribution in [0.5, 0.6) is 0 Å². The van der Waals surface area contributed by atoms with Crippen LogP contribution in [-0.2, 0) is 13.2 Å². The van der Waals surface area contributed by atoms with E-state index in [-0.39, 0.29) is 0 Å². The Morgan fingerprint density at radius 2 is 1.72 bits per heavy atom. The van der Waals surface area contributed by atoms with Crippen LogP contribution in [0.25, 0.3) is 17.0 Å². The zero-order valence-corrected chi connectivity index (χ0v) is 13.7. The lowest BCUT2D eigenvalue weighted by Gasteiger charge is -2.05. The Morgan fingerprint density at radius 1 is 1.00 bits per heavy atom. The van der Waals surface area contributed by atoms with Crippen LogP contribution in [0.2, 0.25) is 0 Å². The van der Waals surface area contributed by atoms with Gasteiger partial charge in [-0.2, -0.15) is 13.2 Å². The summed E-state index contributed by atoms with van der Waals surface area (Å²) in [6.07, 6.45) is 3.09. The first-order valence-electron chi connectivity index (χ1n) is 7.82. The van der Waals surface area contributed by atoms with Gasteiger partial charge in [0.1, 0.15) is 0 Å². The SMILES string of the molecule is Cn1ccc2ccc(C=NC/C=C/c3ccc(C(F)(F)F)cc3)cc21. The van der Waals surface area contributed by atoms with Crippen LogP contribution < -0.4 is 0 Å². The van der Waals surface area contributed by atoms with E-state index in [9.17, 15) is 13.2 Å². The van der Waals surface area contributed by atoms with Crippen LogP contribution in [0.4, 0.5) is 13.2 Å². The van der Waals surface area contributed by atoms with Crippen molar-refractivity contribution in [3.63, 3.8) is 0 Å². The van der Waals surface area contributed by atoms with Crippen molar-refractivity contribution in [3.8, 4) is 0 Å². The number of hydrogen-bond donors (Lipinski definition) is 0. The Morgan fingerprint density at radius 3 is 2.44 bits per heavy atom. The summed E-state index contributed by atoms with van der Waals surface area (Å²) in [6, 6.07) is 13.2. The predicted molar refractivity (Wildman–Crippen MR) is 95.9 cm³/mol. The van der Waals surface area contributed by atoms with Gasteiger partial charge in [0.25, 0.3) is 0 Å². The van der Waals surface area contributed by atoms with E-state index in [0.29, 0.717) is 12.1 Å². The zero-order chi connectivity index (χ0) is 17.9. The van der Waals surface area contributed by atoms with E-state index in [2.05, 4.69) is 27.8 Å². The monoisotopic (exact) mass is 342 g/mol. The van der Waals surface area contributed by atoms with Crippen molar-refractivity contribution in [1.29, 1.82) is 0 Å². The van der Waals surface area contributed by atoms with E-state index in [4.69, 9.17) is 0 Å². The highest BCUT2D eigenvalue weighted by molar-refractivity contribution is 5.89. The second-order valence-corrected chi connectivity index (χ2v) is 5.76. The van der Waals surface area contributed by atoms with Crippen LogP contribution in [0, 0.1) is 0 Å². The lowest BCUT2D eigenvalue weighted by atomic mass is 10.1. The molecule has 128 valence electrons. The van der Waals surface area contributed by atoms with Gasteiger partial charge in [0.05, 0.1) is 12.1 Å². The Labute approximate surface area is 143 Å². The predicted octanol–water partition coefficient (Wildman–Crippen LogP) is 5.33. The van der Waals surface area contributed by atoms with Gasteiger partial charge in [-0.3, -0.25) is 4.99 Å². The maximum absolute atomic E-state index is 12.5.